The number of rotatable bonds is 8. The Balaban J connectivity index is 1.19. The Labute approximate surface area is 374 Å². The molecule has 312 valence electrons. The van der Waals surface area contributed by atoms with Crippen molar-refractivity contribution in [3.8, 4) is 16.8 Å². The minimum absolute atomic E-state index is 0.0831. The molecule has 1 aromatic heterocycles. The molecule has 0 bridgehead atoms. The van der Waals surface area contributed by atoms with Crippen LogP contribution in [0.1, 0.15) is 108 Å². The average molecular weight is 833 g/mol. The number of anilines is 3. The highest BCUT2D eigenvalue weighted by Gasteiger charge is 2.57. The van der Waals surface area contributed by atoms with Gasteiger partial charge in [-0.05, 0) is 122 Å². The lowest BCUT2D eigenvalue weighted by Gasteiger charge is -2.30. The summed E-state index contributed by atoms with van der Waals surface area (Å²) in [6.45, 7) is 20.6. The van der Waals surface area contributed by atoms with Gasteiger partial charge in [-0.3, -0.25) is 4.57 Å². The third-order valence-electron chi connectivity index (χ3n) is 13.1. The summed E-state index contributed by atoms with van der Waals surface area (Å²) < 4.78 is 2.16. The van der Waals surface area contributed by atoms with Crippen molar-refractivity contribution in [1.82, 2.24) is 9.55 Å². The SMILES string of the molecule is CC(C)(C)c1ccc(C2(c3ccc(C(C)(C)C)cc3)CC2c2cccc(N(c3ccccc3)c3cc(C(C)(C)C)cc(-n4cnc5ccc(-c6ccccc6)cc54)c3Cl)c2)cc1. The molecule has 0 radical (unpaired) electrons. The van der Waals surface area contributed by atoms with Crippen LogP contribution in [0.15, 0.2) is 170 Å². The van der Waals surface area contributed by atoms with Crippen LogP contribution >= 0.6 is 11.6 Å². The van der Waals surface area contributed by atoms with E-state index in [0.29, 0.717) is 10.9 Å². The molecule has 0 spiro atoms. The summed E-state index contributed by atoms with van der Waals surface area (Å²) in [4.78, 5) is 7.23. The number of hydrogen-bond acceptors (Lipinski definition) is 2. The van der Waals surface area contributed by atoms with Crippen molar-refractivity contribution in [1.29, 1.82) is 0 Å². The molecule has 1 aliphatic carbocycles. The molecular formula is C58H58ClN3. The smallest absolute Gasteiger partial charge is 0.100 e. The van der Waals surface area contributed by atoms with Crippen LogP contribution in [-0.2, 0) is 21.7 Å². The predicted molar refractivity (Wildman–Crippen MR) is 263 cm³/mol. The first-order valence-electron chi connectivity index (χ1n) is 22.1. The first-order valence-corrected chi connectivity index (χ1v) is 22.4. The number of para-hydroxylation sites is 1. The molecule has 9 rings (SSSR count). The Kier molecular flexibility index (Phi) is 10.3. The monoisotopic (exact) mass is 831 g/mol. The van der Waals surface area contributed by atoms with Gasteiger partial charge in [0.1, 0.15) is 6.33 Å². The molecule has 1 heterocycles. The summed E-state index contributed by atoms with van der Waals surface area (Å²) >= 11 is 7.79. The maximum atomic E-state index is 7.79. The highest BCUT2D eigenvalue weighted by molar-refractivity contribution is 6.35. The zero-order valence-electron chi connectivity index (χ0n) is 37.7. The number of aromatic nitrogens is 2. The number of nitrogens with zero attached hydrogens (tertiary/aromatic N) is 3. The van der Waals surface area contributed by atoms with Crippen LogP contribution < -0.4 is 4.90 Å². The third-order valence-corrected chi connectivity index (χ3v) is 13.5. The molecule has 1 saturated carbocycles. The van der Waals surface area contributed by atoms with Gasteiger partial charge < -0.3 is 4.90 Å². The first-order chi connectivity index (χ1) is 29.5. The number of halogens is 1. The van der Waals surface area contributed by atoms with Crippen LogP contribution in [0.2, 0.25) is 5.02 Å². The van der Waals surface area contributed by atoms with Crippen LogP contribution in [0.25, 0.3) is 27.8 Å². The molecule has 1 unspecified atom stereocenters. The minimum Gasteiger partial charge on any atom is -0.309 e. The Bertz CT molecular complexity index is 2810. The summed E-state index contributed by atoms with van der Waals surface area (Å²) in [6.07, 6.45) is 2.95. The normalized spacial score (nSPS) is 15.2. The molecule has 0 saturated heterocycles. The number of benzene rings is 7. The zero-order chi connectivity index (χ0) is 43.6. The molecule has 1 atom stereocenters. The molecule has 0 aliphatic heterocycles. The molecule has 3 nitrogen and oxygen atoms in total. The largest absolute Gasteiger partial charge is 0.309 e. The van der Waals surface area contributed by atoms with E-state index in [1.54, 1.807) is 0 Å². The fourth-order valence-corrected chi connectivity index (χ4v) is 9.55. The molecule has 7 aromatic carbocycles. The maximum Gasteiger partial charge on any atom is 0.100 e. The first kappa shape index (κ1) is 41.5. The Hall–Kier alpha value is -5.90. The summed E-state index contributed by atoms with van der Waals surface area (Å²) in [5.74, 6) is 0.295. The van der Waals surface area contributed by atoms with E-state index in [9.17, 15) is 0 Å². The van der Waals surface area contributed by atoms with Crippen LogP contribution in [0.4, 0.5) is 17.1 Å². The van der Waals surface area contributed by atoms with E-state index in [1.165, 1.54) is 33.4 Å². The lowest BCUT2D eigenvalue weighted by molar-refractivity contribution is 0.589. The van der Waals surface area contributed by atoms with Crippen LogP contribution in [0.5, 0.6) is 0 Å². The molecule has 0 N–H and O–H groups in total. The molecule has 0 amide bonds. The second kappa shape index (κ2) is 15.5. The molecule has 62 heavy (non-hydrogen) atoms. The van der Waals surface area contributed by atoms with Crippen molar-refractivity contribution in [3.63, 3.8) is 0 Å². The quantitative estimate of drug-likeness (QED) is 0.152. The molecule has 1 fully saturated rings. The van der Waals surface area contributed by atoms with E-state index in [2.05, 4.69) is 236 Å². The van der Waals surface area contributed by atoms with Crippen molar-refractivity contribution in [3.05, 3.63) is 209 Å². The van der Waals surface area contributed by atoms with Crippen LogP contribution in [0.3, 0.4) is 0 Å². The minimum atomic E-state index is -0.164. The van der Waals surface area contributed by atoms with E-state index in [0.717, 1.165) is 51.3 Å². The molecule has 1 aliphatic rings. The fraction of sp³-hybridized carbons (Fsp3) is 0.259. The van der Waals surface area contributed by atoms with Gasteiger partial charge in [0, 0.05) is 16.8 Å². The van der Waals surface area contributed by atoms with Crippen LogP contribution in [0, 0.1) is 0 Å². The van der Waals surface area contributed by atoms with Crippen molar-refractivity contribution in [2.24, 2.45) is 0 Å². The lowest BCUT2D eigenvalue weighted by Crippen LogP contribution is -2.17. The Morgan fingerprint density at radius 2 is 1.11 bits per heavy atom. The van der Waals surface area contributed by atoms with Crippen molar-refractivity contribution in [2.45, 2.75) is 96.3 Å². The van der Waals surface area contributed by atoms with E-state index < -0.39 is 0 Å². The molecule has 4 heteroatoms. The van der Waals surface area contributed by atoms with Gasteiger partial charge >= 0.3 is 0 Å². The Morgan fingerprint density at radius 3 is 1.69 bits per heavy atom. The van der Waals surface area contributed by atoms with E-state index >= 15 is 0 Å². The average Bonchev–Trinajstić information content (AvgIpc) is 3.89. The van der Waals surface area contributed by atoms with Gasteiger partial charge in [-0.2, -0.15) is 0 Å². The summed E-state index contributed by atoms with van der Waals surface area (Å²) in [5.41, 5.74) is 16.0. The fourth-order valence-electron chi connectivity index (χ4n) is 9.27. The van der Waals surface area contributed by atoms with Crippen molar-refractivity contribution < 1.29 is 0 Å². The molecular weight excluding hydrogens is 774 g/mol. The standard InChI is InChI=1S/C58H58ClN3/c1-55(2,3)42-24-28-44(29-25-42)58(45-30-26-43(27-31-45)56(4,5)6)37-49(58)41-19-16-22-48(33-41)62(47-20-14-11-15-21-47)53-36-46(57(7,8)9)35-52(54(53)59)61-38-60-50-32-23-40(34-51(50)61)39-17-12-10-13-18-39/h10-36,38,49H,37H2,1-9H3. The van der Waals surface area contributed by atoms with Gasteiger partial charge in [0.25, 0.3) is 0 Å². The highest BCUT2D eigenvalue weighted by Crippen LogP contribution is 2.65. The lowest BCUT2D eigenvalue weighted by atomic mass is 9.79. The van der Waals surface area contributed by atoms with Gasteiger partial charge in [0.05, 0.1) is 27.4 Å². The number of fused-ring (bicyclic) bond motifs is 1. The third kappa shape index (κ3) is 7.66. The predicted octanol–water partition coefficient (Wildman–Crippen LogP) is 16.2. The van der Waals surface area contributed by atoms with Gasteiger partial charge in [-0.25, -0.2) is 4.98 Å². The maximum absolute atomic E-state index is 7.79. The van der Waals surface area contributed by atoms with E-state index in [4.69, 9.17) is 16.6 Å². The van der Waals surface area contributed by atoms with Crippen molar-refractivity contribution in [2.75, 3.05) is 4.90 Å². The van der Waals surface area contributed by atoms with Crippen LogP contribution in [-0.4, -0.2) is 9.55 Å². The van der Waals surface area contributed by atoms with E-state index in [-0.39, 0.29) is 21.7 Å². The topological polar surface area (TPSA) is 21.1 Å². The van der Waals surface area contributed by atoms with E-state index in [1.807, 2.05) is 6.33 Å². The van der Waals surface area contributed by atoms with Gasteiger partial charge in [0.15, 0.2) is 0 Å². The highest BCUT2D eigenvalue weighted by atomic mass is 35.5. The zero-order valence-corrected chi connectivity index (χ0v) is 38.4. The second-order valence-corrected chi connectivity index (χ2v) is 20.8. The van der Waals surface area contributed by atoms with Gasteiger partial charge in [0.2, 0.25) is 0 Å². The number of hydrogen-bond donors (Lipinski definition) is 0. The van der Waals surface area contributed by atoms with Gasteiger partial charge in [-0.1, -0.05) is 189 Å². The summed E-state index contributed by atoms with van der Waals surface area (Å²) in [7, 11) is 0. The summed E-state index contributed by atoms with van der Waals surface area (Å²) in [6, 6.07) is 60.3. The molecule has 8 aromatic rings. The second-order valence-electron chi connectivity index (χ2n) is 20.4. The van der Waals surface area contributed by atoms with Gasteiger partial charge in [-0.15, -0.1) is 0 Å². The summed E-state index contributed by atoms with van der Waals surface area (Å²) in [5, 5.41) is 0.662. The number of imidazole rings is 1. The van der Waals surface area contributed by atoms with Crippen molar-refractivity contribution >= 4 is 39.7 Å². The Morgan fingerprint density at radius 1 is 0.548 bits per heavy atom.